The number of aryl methyl sites for hydroxylation is 1. The lowest BCUT2D eigenvalue weighted by Crippen LogP contribution is -2.42. The number of benzene rings is 1. The number of piperidine rings is 1. The summed E-state index contributed by atoms with van der Waals surface area (Å²) >= 11 is 0. The van der Waals surface area contributed by atoms with E-state index in [4.69, 9.17) is 0 Å². The Morgan fingerprint density at radius 2 is 2.26 bits per heavy atom. The summed E-state index contributed by atoms with van der Waals surface area (Å²) in [6.45, 7) is 5.46. The number of rotatable bonds is 2. The minimum absolute atomic E-state index is 0.577. The van der Waals surface area contributed by atoms with E-state index in [1.165, 1.54) is 25.1 Å². The monoisotopic (exact) mass is 258 g/mol. The van der Waals surface area contributed by atoms with Gasteiger partial charge in [-0.25, -0.2) is 4.98 Å². The zero-order valence-electron chi connectivity index (χ0n) is 11.9. The maximum Gasteiger partial charge on any atom is 0.104 e. The Kier molecular flexibility index (Phi) is 3.19. The molecule has 2 atom stereocenters. The third kappa shape index (κ3) is 2.59. The molecule has 2 aromatic rings. The smallest absolute Gasteiger partial charge is 0.104 e. The normalized spacial score (nSPS) is 24.8. The number of nitrogens with one attached hydrogen (secondary N) is 2. The molecule has 1 aromatic carbocycles. The minimum atomic E-state index is 0.577. The molecule has 0 bridgehead atoms. The molecule has 3 rings (SSSR count). The summed E-state index contributed by atoms with van der Waals surface area (Å²) in [5.74, 6) is 0.972. The Hall–Kier alpha value is -1.55. The van der Waals surface area contributed by atoms with Crippen LogP contribution in [-0.2, 0) is 0 Å². The zero-order valence-corrected chi connectivity index (χ0v) is 11.9. The van der Waals surface area contributed by atoms with Crippen LogP contribution in [0, 0.1) is 6.92 Å². The molecule has 1 fully saturated rings. The molecule has 0 saturated carbocycles. The maximum absolute atomic E-state index is 4.43. The number of fused-ring (bicyclic) bond motifs is 1. The van der Waals surface area contributed by atoms with Crippen LogP contribution in [-0.4, -0.2) is 40.5 Å². The van der Waals surface area contributed by atoms with Gasteiger partial charge in [0.2, 0.25) is 0 Å². The predicted molar refractivity (Wildman–Crippen MR) is 79.6 cm³/mol. The first-order valence-corrected chi connectivity index (χ1v) is 7.05. The van der Waals surface area contributed by atoms with Gasteiger partial charge in [0.25, 0.3) is 0 Å². The van der Waals surface area contributed by atoms with E-state index >= 15 is 0 Å². The maximum atomic E-state index is 4.43. The summed E-state index contributed by atoms with van der Waals surface area (Å²) < 4.78 is 0. The van der Waals surface area contributed by atoms with Crippen LogP contribution in [0.1, 0.15) is 25.6 Å². The van der Waals surface area contributed by atoms with E-state index in [2.05, 4.69) is 52.4 Å². The fourth-order valence-corrected chi connectivity index (χ4v) is 2.88. The first kappa shape index (κ1) is 12.5. The van der Waals surface area contributed by atoms with Gasteiger partial charge in [-0.05, 0) is 51.9 Å². The molecule has 2 N–H and O–H groups in total. The number of anilines is 1. The molecule has 1 saturated heterocycles. The molecular formula is C15H22N4. The van der Waals surface area contributed by atoms with Crippen LogP contribution in [0.2, 0.25) is 0 Å². The average molecular weight is 258 g/mol. The van der Waals surface area contributed by atoms with Crippen molar-refractivity contribution in [1.82, 2.24) is 14.9 Å². The topological polar surface area (TPSA) is 44.0 Å². The number of hydrogen-bond donors (Lipinski definition) is 2. The number of imidazole rings is 1. The first-order valence-electron chi connectivity index (χ1n) is 7.05. The fraction of sp³-hybridized carbons (Fsp3) is 0.533. The van der Waals surface area contributed by atoms with Gasteiger partial charge in [0, 0.05) is 24.3 Å². The summed E-state index contributed by atoms with van der Waals surface area (Å²) in [4.78, 5) is 10.2. The molecule has 0 amide bonds. The lowest BCUT2D eigenvalue weighted by Gasteiger charge is -2.35. The lowest BCUT2D eigenvalue weighted by atomic mass is 9.98. The van der Waals surface area contributed by atoms with Crippen LogP contribution >= 0.6 is 0 Å². The second kappa shape index (κ2) is 4.85. The molecule has 0 aliphatic carbocycles. The summed E-state index contributed by atoms with van der Waals surface area (Å²) in [6, 6.07) is 7.61. The Balaban J connectivity index is 1.74. The van der Waals surface area contributed by atoms with Gasteiger partial charge in [0.05, 0.1) is 11.0 Å². The summed E-state index contributed by atoms with van der Waals surface area (Å²) in [5.41, 5.74) is 3.35. The van der Waals surface area contributed by atoms with E-state index in [0.29, 0.717) is 12.1 Å². The highest BCUT2D eigenvalue weighted by Crippen LogP contribution is 2.22. The Bertz CT molecular complexity index is 575. The highest BCUT2D eigenvalue weighted by Gasteiger charge is 2.22. The van der Waals surface area contributed by atoms with E-state index in [9.17, 15) is 0 Å². The molecule has 102 valence electrons. The number of likely N-dealkylation sites (tertiary alicyclic amines) is 1. The summed E-state index contributed by atoms with van der Waals surface area (Å²) in [5, 5.41) is 3.66. The van der Waals surface area contributed by atoms with Crippen LogP contribution in [0.15, 0.2) is 18.2 Å². The molecule has 4 nitrogen and oxygen atoms in total. The van der Waals surface area contributed by atoms with E-state index in [0.717, 1.165) is 16.9 Å². The standard InChI is InChI=1S/C15H22N4/c1-10-8-13(6-7-19(10)3)18-12-4-5-14-15(9-12)17-11(2)16-14/h4-5,9-10,13,18H,6-8H2,1-3H3,(H,16,17). The fourth-order valence-electron chi connectivity index (χ4n) is 2.88. The minimum Gasteiger partial charge on any atom is -0.382 e. The van der Waals surface area contributed by atoms with E-state index < -0.39 is 0 Å². The Morgan fingerprint density at radius 1 is 1.42 bits per heavy atom. The van der Waals surface area contributed by atoms with Crippen molar-refractivity contribution in [3.63, 3.8) is 0 Å². The summed E-state index contributed by atoms with van der Waals surface area (Å²) in [7, 11) is 2.21. The highest BCUT2D eigenvalue weighted by atomic mass is 15.1. The number of H-pyrrole nitrogens is 1. The van der Waals surface area contributed by atoms with Crippen molar-refractivity contribution in [3.05, 3.63) is 24.0 Å². The molecule has 1 aliphatic rings. The van der Waals surface area contributed by atoms with Crippen molar-refractivity contribution in [2.24, 2.45) is 0 Å². The molecule has 0 spiro atoms. The van der Waals surface area contributed by atoms with Crippen LogP contribution in [0.25, 0.3) is 11.0 Å². The highest BCUT2D eigenvalue weighted by molar-refractivity contribution is 5.79. The second-order valence-electron chi connectivity index (χ2n) is 5.75. The van der Waals surface area contributed by atoms with E-state index in [1.54, 1.807) is 0 Å². The van der Waals surface area contributed by atoms with Crippen molar-refractivity contribution in [1.29, 1.82) is 0 Å². The van der Waals surface area contributed by atoms with Gasteiger partial charge in [-0.3, -0.25) is 0 Å². The van der Waals surface area contributed by atoms with Crippen LogP contribution in [0.4, 0.5) is 5.69 Å². The van der Waals surface area contributed by atoms with Crippen LogP contribution in [0.3, 0.4) is 0 Å². The molecule has 2 unspecified atom stereocenters. The Labute approximate surface area is 114 Å². The van der Waals surface area contributed by atoms with Gasteiger partial charge < -0.3 is 15.2 Å². The van der Waals surface area contributed by atoms with Gasteiger partial charge in [-0.2, -0.15) is 0 Å². The molecule has 4 heteroatoms. The molecule has 2 heterocycles. The van der Waals surface area contributed by atoms with E-state index in [1.807, 2.05) is 6.92 Å². The van der Waals surface area contributed by atoms with Crippen molar-refractivity contribution in [2.45, 2.75) is 38.8 Å². The summed E-state index contributed by atoms with van der Waals surface area (Å²) in [6.07, 6.45) is 2.41. The lowest BCUT2D eigenvalue weighted by molar-refractivity contribution is 0.190. The van der Waals surface area contributed by atoms with Gasteiger partial charge in [0.1, 0.15) is 5.82 Å². The SMILES string of the molecule is Cc1nc2ccc(NC3CCN(C)C(C)C3)cc2[nH]1. The second-order valence-corrected chi connectivity index (χ2v) is 5.75. The molecule has 1 aromatic heterocycles. The molecular weight excluding hydrogens is 236 g/mol. The number of aromatic amines is 1. The number of aromatic nitrogens is 2. The third-order valence-electron chi connectivity index (χ3n) is 4.18. The predicted octanol–water partition coefficient (Wildman–Crippen LogP) is 2.77. The van der Waals surface area contributed by atoms with Crippen molar-refractivity contribution in [3.8, 4) is 0 Å². The van der Waals surface area contributed by atoms with Gasteiger partial charge in [-0.15, -0.1) is 0 Å². The molecule has 0 radical (unpaired) electrons. The van der Waals surface area contributed by atoms with E-state index in [-0.39, 0.29) is 0 Å². The average Bonchev–Trinajstić information content (AvgIpc) is 2.73. The largest absolute Gasteiger partial charge is 0.382 e. The first-order chi connectivity index (χ1) is 9.11. The van der Waals surface area contributed by atoms with Gasteiger partial charge >= 0.3 is 0 Å². The third-order valence-corrected chi connectivity index (χ3v) is 4.18. The van der Waals surface area contributed by atoms with Gasteiger partial charge in [-0.1, -0.05) is 0 Å². The van der Waals surface area contributed by atoms with Crippen LogP contribution < -0.4 is 5.32 Å². The molecule has 19 heavy (non-hydrogen) atoms. The Morgan fingerprint density at radius 3 is 3.05 bits per heavy atom. The van der Waals surface area contributed by atoms with Gasteiger partial charge in [0.15, 0.2) is 0 Å². The quantitative estimate of drug-likeness (QED) is 0.870. The van der Waals surface area contributed by atoms with Crippen molar-refractivity contribution >= 4 is 16.7 Å². The van der Waals surface area contributed by atoms with Crippen molar-refractivity contribution in [2.75, 3.05) is 18.9 Å². The van der Waals surface area contributed by atoms with Crippen LogP contribution in [0.5, 0.6) is 0 Å². The number of hydrogen-bond acceptors (Lipinski definition) is 3. The zero-order chi connectivity index (χ0) is 13.4. The number of nitrogens with zero attached hydrogens (tertiary/aromatic N) is 2. The van der Waals surface area contributed by atoms with Crippen molar-refractivity contribution < 1.29 is 0 Å². The molecule has 1 aliphatic heterocycles.